The van der Waals surface area contributed by atoms with Gasteiger partial charge in [0.05, 0.1) is 5.69 Å². The molecule has 1 aromatic heterocycles. The van der Waals surface area contributed by atoms with Crippen molar-refractivity contribution in [3.05, 3.63) is 45.3 Å². The lowest BCUT2D eigenvalue weighted by atomic mass is 10.1. The summed E-state index contributed by atoms with van der Waals surface area (Å²) in [5.74, 6) is -0.365. The van der Waals surface area contributed by atoms with Crippen molar-refractivity contribution >= 4 is 33.0 Å². The minimum atomic E-state index is -3.74. The van der Waals surface area contributed by atoms with E-state index in [-0.39, 0.29) is 14.5 Å². The quantitative estimate of drug-likeness (QED) is 0.918. The number of aryl methyl sites for hydroxylation is 2. The Labute approximate surface area is 132 Å². The van der Waals surface area contributed by atoms with Crippen LogP contribution in [-0.4, -0.2) is 13.4 Å². The highest BCUT2D eigenvalue weighted by atomic mass is 35.5. The lowest BCUT2D eigenvalue weighted by Crippen LogP contribution is -2.26. The molecule has 0 spiro atoms. The Kier molecular flexibility index (Phi) is 4.67. The summed E-state index contributed by atoms with van der Waals surface area (Å²) in [4.78, 5) is 3.89. The molecule has 0 bridgehead atoms. The number of aromatic nitrogens is 1. The molecule has 0 saturated carbocycles. The van der Waals surface area contributed by atoms with Crippen LogP contribution in [0.1, 0.15) is 29.8 Å². The van der Waals surface area contributed by atoms with Crippen molar-refractivity contribution in [1.29, 1.82) is 0 Å². The average molecular weight is 349 g/mol. The fraction of sp³-hybridized carbons (Fsp3) is 0.308. The molecule has 0 saturated heterocycles. The van der Waals surface area contributed by atoms with Crippen molar-refractivity contribution in [1.82, 2.24) is 9.71 Å². The van der Waals surface area contributed by atoms with Crippen molar-refractivity contribution in [3.8, 4) is 0 Å². The number of rotatable bonds is 4. The van der Waals surface area contributed by atoms with Crippen LogP contribution in [0.4, 0.5) is 4.39 Å². The molecular formula is C13H14ClFN2O2S2. The summed E-state index contributed by atoms with van der Waals surface area (Å²) in [5, 5.41) is 0. The third-order valence-electron chi connectivity index (χ3n) is 3.00. The summed E-state index contributed by atoms with van der Waals surface area (Å²) in [5.41, 5.74) is 1.41. The Morgan fingerprint density at radius 1 is 1.38 bits per heavy atom. The molecule has 1 N–H and O–H groups in total. The summed E-state index contributed by atoms with van der Waals surface area (Å²) in [6.07, 6.45) is 0. The van der Waals surface area contributed by atoms with Crippen LogP contribution < -0.4 is 4.72 Å². The second kappa shape index (κ2) is 6.00. The van der Waals surface area contributed by atoms with E-state index in [9.17, 15) is 12.8 Å². The number of benzene rings is 1. The molecule has 1 unspecified atom stereocenters. The minimum absolute atomic E-state index is 0.0759. The Morgan fingerprint density at radius 3 is 2.57 bits per heavy atom. The summed E-state index contributed by atoms with van der Waals surface area (Å²) < 4.78 is 40.9. The number of nitrogens with one attached hydrogen (secondary N) is 1. The van der Waals surface area contributed by atoms with Crippen LogP contribution in [0, 0.1) is 19.7 Å². The minimum Gasteiger partial charge on any atom is -0.229 e. The lowest BCUT2D eigenvalue weighted by molar-refractivity contribution is 0.565. The lowest BCUT2D eigenvalue weighted by Gasteiger charge is -2.14. The number of sulfonamides is 1. The van der Waals surface area contributed by atoms with Gasteiger partial charge in [-0.2, -0.15) is 0 Å². The molecule has 1 aromatic carbocycles. The zero-order valence-corrected chi connectivity index (χ0v) is 14.0. The van der Waals surface area contributed by atoms with Crippen molar-refractivity contribution in [2.45, 2.75) is 31.0 Å². The molecule has 2 aromatic rings. The van der Waals surface area contributed by atoms with Crippen LogP contribution in [0.3, 0.4) is 0 Å². The van der Waals surface area contributed by atoms with Crippen molar-refractivity contribution in [2.75, 3.05) is 0 Å². The van der Waals surface area contributed by atoms with E-state index in [4.69, 9.17) is 11.6 Å². The molecule has 21 heavy (non-hydrogen) atoms. The molecule has 2 rings (SSSR count). The molecule has 0 radical (unpaired) electrons. The second-order valence-corrected chi connectivity index (χ2v) is 8.18. The fourth-order valence-corrected chi connectivity index (χ4v) is 4.82. The maximum Gasteiger partial charge on any atom is 0.252 e. The van der Waals surface area contributed by atoms with E-state index in [2.05, 4.69) is 9.71 Å². The van der Waals surface area contributed by atoms with Crippen LogP contribution >= 0.6 is 22.9 Å². The van der Waals surface area contributed by atoms with E-state index in [1.807, 2.05) is 0 Å². The highest BCUT2D eigenvalue weighted by Gasteiger charge is 2.24. The number of nitrogens with zero attached hydrogens (tertiary/aromatic N) is 1. The second-order valence-electron chi connectivity index (χ2n) is 4.69. The first-order valence-electron chi connectivity index (χ1n) is 6.12. The van der Waals surface area contributed by atoms with E-state index in [1.165, 1.54) is 6.07 Å². The number of halogens is 2. The van der Waals surface area contributed by atoms with Crippen molar-refractivity contribution in [3.63, 3.8) is 0 Å². The van der Waals surface area contributed by atoms with Gasteiger partial charge >= 0.3 is 0 Å². The normalized spacial score (nSPS) is 13.4. The third-order valence-corrected chi connectivity index (χ3v) is 6.41. The van der Waals surface area contributed by atoms with Crippen molar-refractivity contribution in [2.24, 2.45) is 0 Å². The van der Waals surface area contributed by atoms with Gasteiger partial charge in [-0.15, -0.1) is 0 Å². The molecule has 0 aliphatic rings. The van der Waals surface area contributed by atoms with E-state index in [1.54, 1.807) is 32.9 Å². The maximum atomic E-state index is 13.6. The summed E-state index contributed by atoms with van der Waals surface area (Å²) in [6.45, 7) is 4.88. The van der Waals surface area contributed by atoms with Gasteiger partial charge in [0.1, 0.15) is 5.82 Å². The van der Waals surface area contributed by atoms with E-state index >= 15 is 0 Å². The summed E-state index contributed by atoms with van der Waals surface area (Å²) in [6, 6.07) is 4.07. The van der Waals surface area contributed by atoms with E-state index < -0.39 is 16.1 Å². The zero-order valence-electron chi connectivity index (χ0n) is 11.6. The van der Waals surface area contributed by atoms with Gasteiger partial charge < -0.3 is 0 Å². The fourth-order valence-electron chi connectivity index (χ4n) is 1.83. The largest absolute Gasteiger partial charge is 0.252 e. The smallest absolute Gasteiger partial charge is 0.229 e. The van der Waals surface area contributed by atoms with Gasteiger partial charge in [0, 0.05) is 6.04 Å². The molecule has 0 amide bonds. The molecule has 114 valence electrons. The van der Waals surface area contributed by atoms with Gasteiger partial charge in [-0.3, -0.25) is 0 Å². The highest BCUT2D eigenvalue weighted by molar-refractivity contribution is 7.91. The van der Waals surface area contributed by atoms with Gasteiger partial charge in [-0.05, 0) is 38.0 Å². The van der Waals surface area contributed by atoms with Gasteiger partial charge in [-0.1, -0.05) is 35.1 Å². The van der Waals surface area contributed by atoms with Crippen LogP contribution in [-0.2, 0) is 10.0 Å². The Bertz CT molecular complexity index is 774. The molecule has 1 atom stereocenters. The predicted molar refractivity (Wildman–Crippen MR) is 81.7 cm³/mol. The van der Waals surface area contributed by atoms with Crippen LogP contribution in [0.15, 0.2) is 22.4 Å². The monoisotopic (exact) mass is 348 g/mol. The number of thiazole rings is 1. The Morgan fingerprint density at radius 2 is 2.05 bits per heavy atom. The van der Waals surface area contributed by atoms with Gasteiger partial charge in [0.25, 0.3) is 10.0 Å². The summed E-state index contributed by atoms with van der Waals surface area (Å²) in [7, 11) is -3.74. The molecule has 8 heteroatoms. The Hall–Kier alpha value is -1.02. The van der Waals surface area contributed by atoms with E-state index in [0.29, 0.717) is 16.8 Å². The highest BCUT2D eigenvalue weighted by Crippen LogP contribution is 2.28. The number of hydrogen-bond acceptors (Lipinski definition) is 4. The van der Waals surface area contributed by atoms with Crippen molar-refractivity contribution < 1.29 is 12.8 Å². The maximum absolute atomic E-state index is 13.6. The molecule has 0 fully saturated rings. The predicted octanol–water partition coefficient (Wildman–Crippen LogP) is 3.59. The van der Waals surface area contributed by atoms with Crippen LogP contribution in [0.2, 0.25) is 4.47 Å². The van der Waals surface area contributed by atoms with Gasteiger partial charge in [-0.25, -0.2) is 22.5 Å². The van der Waals surface area contributed by atoms with Gasteiger partial charge in [0.2, 0.25) is 0 Å². The Balaban J connectivity index is 2.27. The van der Waals surface area contributed by atoms with Crippen LogP contribution in [0.25, 0.3) is 0 Å². The SMILES string of the molecule is Cc1ccc(C(C)NS(=O)(=O)c2sc(Cl)nc2C)cc1F. The first-order chi connectivity index (χ1) is 9.70. The number of hydrogen-bond donors (Lipinski definition) is 1. The summed E-state index contributed by atoms with van der Waals surface area (Å²) >= 11 is 6.62. The first kappa shape index (κ1) is 16.4. The molecule has 0 aliphatic heterocycles. The standard InChI is InChI=1S/C13H14ClFN2O2S2/c1-7-4-5-10(6-11(7)15)8(2)17-21(18,19)12-9(3)16-13(14)20-12/h4-6,8,17H,1-3H3. The molecule has 4 nitrogen and oxygen atoms in total. The topological polar surface area (TPSA) is 59.1 Å². The average Bonchev–Trinajstić information content (AvgIpc) is 2.72. The molecular weight excluding hydrogens is 335 g/mol. The zero-order chi connectivity index (χ0) is 15.8. The van der Waals surface area contributed by atoms with Crippen LogP contribution in [0.5, 0.6) is 0 Å². The first-order valence-corrected chi connectivity index (χ1v) is 8.80. The third kappa shape index (κ3) is 3.60. The molecule has 0 aliphatic carbocycles. The van der Waals surface area contributed by atoms with E-state index in [0.717, 1.165) is 11.3 Å². The molecule has 1 heterocycles. The van der Waals surface area contributed by atoms with Gasteiger partial charge in [0.15, 0.2) is 8.68 Å².